The first-order valence-corrected chi connectivity index (χ1v) is 10.1. The summed E-state index contributed by atoms with van der Waals surface area (Å²) in [6, 6.07) is 16.4. The number of ether oxygens (including phenoxy) is 2. The van der Waals surface area contributed by atoms with E-state index < -0.39 is 7.12 Å². The Balaban J connectivity index is 1.82. The van der Waals surface area contributed by atoms with Crippen molar-refractivity contribution < 1.29 is 19.2 Å². The van der Waals surface area contributed by atoms with Gasteiger partial charge in [-0.05, 0) is 47.3 Å². The molecule has 2 aromatic rings. The molecule has 28 heavy (non-hydrogen) atoms. The number of hydrogen-bond acceptors (Lipinski definition) is 5. The fraction of sp³-hybridized carbons (Fsp3) is 0.273. The van der Waals surface area contributed by atoms with Gasteiger partial charge in [0, 0.05) is 12.4 Å². The predicted molar refractivity (Wildman–Crippen MR) is 116 cm³/mol. The van der Waals surface area contributed by atoms with E-state index in [1.165, 1.54) is 18.2 Å². The van der Waals surface area contributed by atoms with E-state index in [1.807, 2.05) is 48.2 Å². The fourth-order valence-corrected chi connectivity index (χ4v) is 4.47. The van der Waals surface area contributed by atoms with Gasteiger partial charge in [0.05, 0.1) is 19.5 Å². The van der Waals surface area contributed by atoms with E-state index in [0.29, 0.717) is 5.25 Å². The van der Waals surface area contributed by atoms with Crippen molar-refractivity contribution in [2.45, 2.75) is 16.9 Å². The van der Waals surface area contributed by atoms with Crippen molar-refractivity contribution in [1.29, 1.82) is 0 Å². The van der Waals surface area contributed by atoms with Gasteiger partial charge in [-0.25, -0.2) is 0 Å². The second-order valence-electron chi connectivity index (χ2n) is 6.49. The van der Waals surface area contributed by atoms with Crippen molar-refractivity contribution >= 4 is 18.9 Å². The van der Waals surface area contributed by atoms with Gasteiger partial charge in [-0.3, -0.25) is 0 Å². The lowest BCUT2D eigenvalue weighted by molar-refractivity contribution is 0.337. The Morgan fingerprint density at radius 3 is 1.86 bits per heavy atom. The molecule has 1 aliphatic rings. The predicted octanol–water partition coefficient (Wildman–Crippen LogP) is 4.45. The van der Waals surface area contributed by atoms with Crippen LogP contribution in [0.2, 0.25) is 0 Å². The summed E-state index contributed by atoms with van der Waals surface area (Å²) in [5.74, 6) is 1.70. The van der Waals surface area contributed by atoms with Crippen LogP contribution in [-0.4, -0.2) is 38.7 Å². The topological polar surface area (TPSA) is 47.9 Å². The highest BCUT2D eigenvalue weighted by Crippen LogP contribution is 2.41. The minimum atomic E-state index is -0.860. The maximum absolute atomic E-state index is 9.83. The van der Waals surface area contributed by atoms with E-state index in [4.69, 9.17) is 14.1 Å². The molecule has 0 aromatic heterocycles. The summed E-state index contributed by atoms with van der Waals surface area (Å²) in [4.78, 5) is 0. The summed E-state index contributed by atoms with van der Waals surface area (Å²) in [6.07, 6.45) is 6.99. The third kappa shape index (κ3) is 5.01. The second kappa shape index (κ2) is 9.87. The van der Waals surface area contributed by atoms with Crippen LogP contribution in [0.5, 0.6) is 11.5 Å². The number of allylic oxidation sites excluding steroid dienone is 3. The minimum absolute atomic E-state index is 0.175. The standard InChI is InChI=1S/C22H25BO4S/c1-25-19-10-4-16(5-11-19)22(17-6-12-20(26-2)13-7-17)28-21-14-8-18(9-15-21)23(24)27-3/h4-14,21-22,24H,15H2,1-3H3. The summed E-state index contributed by atoms with van der Waals surface area (Å²) in [6.45, 7) is 0. The molecule has 1 unspecified atom stereocenters. The Hall–Kier alpha value is -2.15. The van der Waals surface area contributed by atoms with Crippen molar-refractivity contribution in [2.75, 3.05) is 21.3 Å². The number of hydrogen-bond donors (Lipinski definition) is 1. The first-order valence-electron chi connectivity index (χ1n) is 9.17. The summed E-state index contributed by atoms with van der Waals surface area (Å²) < 4.78 is 15.6. The van der Waals surface area contributed by atoms with Gasteiger partial charge in [0.1, 0.15) is 11.5 Å². The molecule has 4 nitrogen and oxygen atoms in total. The minimum Gasteiger partial charge on any atom is -0.497 e. The fourth-order valence-electron chi connectivity index (χ4n) is 3.12. The molecule has 0 spiro atoms. The lowest BCUT2D eigenvalue weighted by atomic mass is 9.76. The lowest BCUT2D eigenvalue weighted by Gasteiger charge is -2.24. The van der Waals surface area contributed by atoms with E-state index in [-0.39, 0.29) is 5.25 Å². The van der Waals surface area contributed by atoms with Crippen LogP contribution in [-0.2, 0) is 4.65 Å². The molecule has 0 heterocycles. The maximum atomic E-state index is 9.83. The molecule has 1 N–H and O–H groups in total. The molecular weight excluding hydrogens is 371 g/mol. The van der Waals surface area contributed by atoms with Crippen molar-refractivity contribution in [3.05, 3.63) is 83.4 Å². The highest BCUT2D eigenvalue weighted by Gasteiger charge is 2.23. The summed E-state index contributed by atoms with van der Waals surface area (Å²) >= 11 is 1.88. The molecular formula is C22H25BO4S. The number of benzene rings is 2. The van der Waals surface area contributed by atoms with Crippen molar-refractivity contribution in [1.82, 2.24) is 0 Å². The van der Waals surface area contributed by atoms with Crippen LogP contribution in [0, 0.1) is 0 Å². The number of methoxy groups -OCH3 is 2. The maximum Gasteiger partial charge on any atom is 0.490 e. The van der Waals surface area contributed by atoms with Crippen LogP contribution < -0.4 is 9.47 Å². The van der Waals surface area contributed by atoms with Crippen LogP contribution >= 0.6 is 11.8 Å². The highest BCUT2D eigenvalue weighted by atomic mass is 32.2. The van der Waals surface area contributed by atoms with Gasteiger partial charge < -0.3 is 19.2 Å². The highest BCUT2D eigenvalue weighted by molar-refractivity contribution is 8.00. The zero-order valence-electron chi connectivity index (χ0n) is 16.4. The Morgan fingerprint density at radius 2 is 1.46 bits per heavy atom. The van der Waals surface area contributed by atoms with Crippen LogP contribution in [0.1, 0.15) is 22.8 Å². The largest absolute Gasteiger partial charge is 0.497 e. The molecule has 0 saturated heterocycles. The molecule has 0 radical (unpaired) electrons. The van der Waals surface area contributed by atoms with Crippen LogP contribution in [0.3, 0.4) is 0 Å². The third-order valence-corrected chi connectivity index (χ3v) is 6.26. The smallest absolute Gasteiger partial charge is 0.490 e. The van der Waals surface area contributed by atoms with Crippen LogP contribution in [0.25, 0.3) is 0 Å². The molecule has 0 aliphatic heterocycles. The van der Waals surface area contributed by atoms with Crippen LogP contribution in [0.15, 0.2) is 72.2 Å². The van der Waals surface area contributed by atoms with Gasteiger partial charge in [0.25, 0.3) is 0 Å². The van der Waals surface area contributed by atoms with Gasteiger partial charge in [0.2, 0.25) is 0 Å². The van der Waals surface area contributed by atoms with Crippen LogP contribution in [0.4, 0.5) is 0 Å². The summed E-state index contributed by atoms with van der Waals surface area (Å²) in [5, 5.41) is 10.3. The van der Waals surface area contributed by atoms with E-state index in [9.17, 15) is 5.02 Å². The van der Waals surface area contributed by atoms with Crippen molar-refractivity contribution in [2.24, 2.45) is 0 Å². The van der Waals surface area contributed by atoms with Gasteiger partial charge in [-0.15, -0.1) is 11.8 Å². The van der Waals surface area contributed by atoms with E-state index >= 15 is 0 Å². The third-order valence-electron chi connectivity index (χ3n) is 4.75. The monoisotopic (exact) mass is 396 g/mol. The quantitative estimate of drug-likeness (QED) is 0.669. The molecule has 3 rings (SSSR count). The zero-order valence-corrected chi connectivity index (χ0v) is 17.2. The molecule has 6 heteroatoms. The number of thioether (sulfide) groups is 1. The normalized spacial score (nSPS) is 16.0. The van der Waals surface area contributed by atoms with Crippen molar-refractivity contribution in [3.63, 3.8) is 0 Å². The van der Waals surface area contributed by atoms with Gasteiger partial charge in [-0.1, -0.05) is 42.5 Å². The summed E-state index contributed by atoms with van der Waals surface area (Å²) in [7, 11) is 4.00. The first kappa shape index (κ1) is 20.6. The van der Waals surface area contributed by atoms with Gasteiger partial charge in [0.15, 0.2) is 0 Å². The Labute approximate surface area is 171 Å². The van der Waals surface area contributed by atoms with E-state index in [2.05, 4.69) is 30.3 Å². The SMILES string of the molecule is COB(O)C1=CCC(SC(c2ccc(OC)cc2)c2ccc(OC)cc2)C=C1. The molecule has 0 saturated carbocycles. The molecule has 146 valence electrons. The Kier molecular flexibility index (Phi) is 7.26. The van der Waals surface area contributed by atoms with Gasteiger partial charge in [-0.2, -0.15) is 0 Å². The Morgan fingerprint density at radius 1 is 0.929 bits per heavy atom. The average molecular weight is 396 g/mol. The summed E-state index contributed by atoms with van der Waals surface area (Å²) in [5.41, 5.74) is 3.25. The first-order chi connectivity index (χ1) is 13.6. The van der Waals surface area contributed by atoms with E-state index in [1.54, 1.807) is 14.2 Å². The molecule has 1 aliphatic carbocycles. The lowest BCUT2D eigenvalue weighted by Crippen LogP contribution is -2.20. The second-order valence-corrected chi connectivity index (χ2v) is 7.84. The molecule has 1 atom stereocenters. The molecule has 0 amide bonds. The van der Waals surface area contributed by atoms with Crippen molar-refractivity contribution in [3.8, 4) is 11.5 Å². The zero-order chi connectivity index (χ0) is 19.9. The Bertz CT molecular complexity index is 770. The van der Waals surface area contributed by atoms with E-state index in [0.717, 1.165) is 23.4 Å². The molecule has 0 fully saturated rings. The average Bonchev–Trinajstić information content (AvgIpc) is 2.77. The van der Waals surface area contributed by atoms with Gasteiger partial charge >= 0.3 is 7.12 Å². The number of rotatable bonds is 8. The molecule has 2 aromatic carbocycles. The molecule has 0 bridgehead atoms.